The number of amides is 1. The van der Waals surface area contributed by atoms with Gasteiger partial charge in [0.2, 0.25) is 0 Å². The van der Waals surface area contributed by atoms with Crippen molar-refractivity contribution in [2.24, 2.45) is 5.92 Å². The number of nitrogens with one attached hydrogen (secondary N) is 3. The molecule has 1 heterocycles. The molecule has 0 aromatic heterocycles. The van der Waals surface area contributed by atoms with Crippen molar-refractivity contribution in [3.63, 3.8) is 0 Å². The number of hydrogen-bond donors (Lipinski definition) is 6. The number of carbonyl (C=O) groups is 1. The summed E-state index contributed by atoms with van der Waals surface area (Å²) in [6.07, 6.45) is 3.91. The fourth-order valence-corrected chi connectivity index (χ4v) is 6.99. The molecular formula is C32H51FN4O4S. The molecule has 0 saturated carbocycles. The van der Waals surface area contributed by atoms with Gasteiger partial charge in [-0.2, -0.15) is 0 Å². The van der Waals surface area contributed by atoms with E-state index in [1.54, 1.807) is 0 Å². The van der Waals surface area contributed by atoms with Crippen molar-refractivity contribution >= 4 is 28.1 Å². The molecular weight excluding hydrogens is 555 g/mol. The number of benzene rings is 2. The minimum absolute atomic E-state index is 0.0109. The molecule has 6 N–H and O–H groups in total. The molecule has 1 aliphatic heterocycles. The zero-order valence-corrected chi connectivity index (χ0v) is 26.6. The molecule has 1 fully saturated rings. The maximum atomic E-state index is 16.0. The van der Waals surface area contributed by atoms with Gasteiger partial charge >= 0.3 is 0 Å². The third-order valence-corrected chi connectivity index (χ3v) is 9.70. The van der Waals surface area contributed by atoms with Crippen LogP contribution in [-0.4, -0.2) is 63.2 Å². The summed E-state index contributed by atoms with van der Waals surface area (Å²) >= 11 is 0. The fourth-order valence-electron chi connectivity index (χ4n) is 5.31. The molecule has 1 amide bonds. The summed E-state index contributed by atoms with van der Waals surface area (Å²) in [5.41, 5.74) is 1.02. The summed E-state index contributed by atoms with van der Waals surface area (Å²) in [7, 11) is -3.20. The summed E-state index contributed by atoms with van der Waals surface area (Å²) < 4.78 is 38.7. The molecule has 1 saturated heterocycles. The molecule has 2 atom stereocenters. The first-order chi connectivity index (χ1) is 19.8. The van der Waals surface area contributed by atoms with Crippen LogP contribution in [-0.2, 0) is 6.42 Å². The fraction of sp³-hybridized carbons (Fsp3) is 0.594. The Morgan fingerprint density at radius 3 is 2.50 bits per heavy atom. The molecule has 1 aliphatic rings. The second kappa shape index (κ2) is 15.4. The number of β-amino-alcohol motifs (C(OH)–C–C–N with tert-alkyl or cyclic N) is 1. The van der Waals surface area contributed by atoms with E-state index >= 15 is 4.39 Å². The van der Waals surface area contributed by atoms with E-state index in [1.807, 2.05) is 37.3 Å². The van der Waals surface area contributed by atoms with Crippen molar-refractivity contribution in [1.82, 2.24) is 10.6 Å². The van der Waals surface area contributed by atoms with Crippen LogP contribution in [0.3, 0.4) is 0 Å². The van der Waals surface area contributed by atoms with Crippen molar-refractivity contribution in [3.8, 4) is 0 Å². The Bertz CT molecular complexity index is 1150. The second-order valence-electron chi connectivity index (χ2n) is 12.4. The first-order valence-corrected chi connectivity index (χ1v) is 16.9. The van der Waals surface area contributed by atoms with Gasteiger partial charge < -0.3 is 21.1 Å². The van der Waals surface area contributed by atoms with Crippen LogP contribution in [0.15, 0.2) is 42.5 Å². The lowest BCUT2D eigenvalue weighted by Crippen LogP contribution is -2.52. The highest BCUT2D eigenvalue weighted by molar-refractivity contribution is 8.25. The Morgan fingerprint density at radius 1 is 1.14 bits per heavy atom. The number of carbonyl (C=O) groups excluding carboxylic acids is 1. The predicted octanol–water partition coefficient (Wildman–Crippen LogP) is 6.42. The average Bonchev–Trinajstić information content (AvgIpc) is 2.92. The number of nitrogens with zero attached hydrogens (tertiary/aromatic N) is 1. The lowest BCUT2D eigenvalue weighted by atomic mass is 9.93. The molecule has 2 aromatic rings. The number of aliphatic hydroxyl groups is 1. The molecule has 0 radical (unpaired) electrons. The van der Waals surface area contributed by atoms with Crippen molar-refractivity contribution in [2.45, 2.75) is 90.8 Å². The predicted molar refractivity (Wildman–Crippen MR) is 173 cm³/mol. The monoisotopic (exact) mass is 606 g/mol. The Kier molecular flexibility index (Phi) is 12.5. The third kappa shape index (κ3) is 9.84. The van der Waals surface area contributed by atoms with Crippen LogP contribution in [0.25, 0.3) is 0 Å². The van der Waals surface area contributed by atoms with E-state index in [0.717, 1.165) is 24.8 Å². The van der Waals surface area contributed by atoms with Gasteiger partial charge in [-0.15, -0.1) is 10.8 Å². The molecule has 8 nitrogen and oxygen atoms in total. The highest BCUT2D eigenvalue weighted by Gasteiger charge is 2.32. The van der Waals surface area contributed by atoms with Gasteiger partial charge in [0.15, 0.2) is 5.82 Å². The molecule has 0 bridgehead atoms. The van der Waals surface area contributed by atoms with Crippen LogP contribution in [0.2, 0.25) is 0 Å². The van der Waals surface area contributed by atoms with Crippen LogP contribution >= 0.6 is 10.8 Å². The van der Waals surface area contributed by atoms with Crippen LogP contribution in [0, 0.1) is 11.7 Å². The number of aliphatic hydroxyl groups excluding tert-OH is 1. The third-order valence-electron chi connectivity index (χ3n) is 7.78. The zero-order valence-electron chi connectivity index (χ0n) is 25.8. The molecule has 42 heavy (non-hydrogen) atoms. The van der Waals surface area contributed by atoms with Gasteiger partial charge in [0.1, 0.15) is 0 Å². The van der Waals surface area contributed by atoms with Gasteiger partial charge in [0, 0.05) is 30.9 Å². The SMILES string of the molecule is CCNc1cc(C(=O)N[C@@H](Cc2ccccc2)[C@@H](O)CNC(C)(C)CCCC(C)C)c(F)c(N2CCCCS2(O)O)c1. The number of hydrogen-bond acceptors (Lipinski definition) is 7. The molecule has 0 aliphatic carbocycles. The maximum absolute atomic E-state index is 16.0. The molecule has 2 aromatic carbocycles. The molecule has 3 rings (SSSR count). The largest absolute Gasteiger partial charge is 0.390 e. The van der Waals surface area contributed by atoms with E-state index in [2.05, 4.69) is 43.6 Å². The van der Waals surface area contributed by atoms with Gasteiger partial charge in [-0.1, -0.05) is 57.0 Å². The van der Waals surface area contributed by atoms with Crippen LogP contribution in [0.5, 0.6) is 0 Å². The summed E-state index contributed by atoms with van der Waals surface area (Å²) in [5.74, 6) is -0.691. The maximum Gasteiger partial charge on any atom is 0.254 e. The molecule has 0 spiro atoms. The van der Waals surface area contributed by atoms with E-state index in [0.29, 0.717) is 37.4 Å². The Balaban J connectivity index is 1.85. The average molecular weight is 607 g/mol. The van der Waals surface area contributed by atoms with Crippen molar-refractivity contribution < 1.29 is 23.4 Å². The van der Waals surface area contributed by atoms with Gasteiger partial charge in [-0.3, -0.25) is 18.2 Å². The first-order valence-electron chi connectivity index (χ1n) is 15.2. The van der Waals surface area contributed by atoms with E-state index in [9.17, 15) is 19.0 Å². The Hall–Kier alpha value is -2.37. The van der Waals surface area contributed by atoms with Crippen LogP contribution < -0.4 is 20.3 Å². The molecule has 236 valence electrons. The van der Waals surface area contributed by atoms with Gasteiger partial charge in [0.25, 0.3) is 5.91 Å². The summed E-state index contributed by atoms with van der Waals surface area (Å²) in [5, 5.41) is 20.8. The zero-order chi connectivity index (χ0) is 30.9. The highest BCUT2D eigenvalue weighted by Crippen LogP contribution is 2.51. The van der Waals surface area contributed by atoms with Gasteiger partial charge in [-0.25, -0.2) is 4.39 Å². The lowest BCUT2D eigenvalue weighted by Gasteiger charge is -2.47. The quantitative estimate of drug-likeness (QED) is 0.139. The van der Waals surface area contributed by atoms with E-state index < -0.39 is 34.6 Å². The second-order valence-corrected chi connectivity index (χ2v) is 14.5. The summed E-state index contributed by atoms with van der Waals surface area (Å²) in [6, 6.07) is 11.8. The summed E-state index contributed by atoms with van der Waals surface area (Å²) in [6.45, 7) is 11.6. The minimum Gasteiger partial charge on any atom is -0.390 e. The smallest absolute Gasteiger partial charge is 0.254 e. The minimum atomic E-state index is -3.20. The Labute approximate surface area is 253 Å². The Morgan fingerprint density at radius 2 is 1.86 bits per heavy atom. The number of halogens is 1. The van der Waals surface area contributed by atoms with E-state index in [4.69, 9.17) is 0 Å². The normalized spacial score (nSPS) is 17.5. The first kappa shape index (κ1) is 34.1. The van der Waals surface area contributed by atoms with Crippen molar-refractivity contribution in [3.05, 3.63) is 59.4 Å². The van der Waals surface area contributed by atoms with Crippen LogP contribution in [0.4, 0.5) is 15.8 Å². The van der Waals surface area contributed by atoms with Crippen molar-refractivity contribution in [2.75, 3.05) is 35.0 Å². The topological polar surface area (TPSA) is 117 Å². The lowest BCUT2D eigenvalue weighted by molar-refractivity contribution is 0.0808. The summed E-state index contributed by atoms with van der Waals surface area (Å²) in [4.78, 5) is 13.7. The number of anilines is 2. The standard InChI is InChI=1S/C32H51FN4O4S/c1-6-34-25-20-26(30(33)28(21-25)37-17-10-11-18-42(37,40)41)31(39)36-27(19-24-14-8-7-9-15-24)29(38)22-35-32(4,5)16-12-13-23(2)3/h7-9,14-15,20-21,23,27,29,34-35,38,40-41H,6,10-13,16-19,22H2,1-5H3,(H,36,39)/t27-,29-/m0/s1. The van der Waals surface area contributed by atoms with Crippen LogP contribution in [0.1, 0.15) is 82.6 Å². The molecule has 10 heteroatoms. The van der Waals surface area contributed by atoms with E-state index in [-0.39, 0.29) is 35.6 Å². The highest BCUT2D eigenvalue weighted by atomic mass is 32.3. The molecule has 0 unspecified atom stereocenters. The van der Waals surface area contributed by atoms with Gasteiger partial charge in [-0.05, 0) is 70.1 Å². The van der Waals surface area contributed by atoms with E-state index in [1.165, 1.54) is 16.4 Å². The van der Waals surface area contributed by atoms with Gasteiger partial charge in [0.05, 0.1) is 29.1 Å². The van der Waals surface area contributed by atoms with Crippen molar-refractivity contribution in [1.29, 1.82) is 0 Å². The number of rotatable bonds is 15.